The van der Waals surface area contributed by atoms with Crippen LogP contribution in [0.1, 0.15) is 57.4 Å². The largest absolute Gasteiger partial charge is 0.542 e. The minimum absolute atomic E-state index is 0.194. The lowest BCUT2D eigenvalue weighted by molar-refractivity contribution is -0.114. The molecule has 0 atom stereocenters. The Morgan fingerprint density at radius 3 is 2.46 bits per heavy atom. The van der Waals surface area contributed by atoms with Crippen LogP contribution in [-0.4, -0.2) is 21.2 Å². The molecule has 0 aliphatic rings. The van der Waals surface area contributed by atoms with Gasteiger partial charge >= 0.3 is 0 Å². The van der Waals surface area contributed by atoms with Crippen molar-refractivity contribution in [3.8, 4) is 11.5 Å². The van der Waals surface area contributed by atoms with Crippen LogP contribution >= 0.6 is 0 Å². The monoisotopic (exact) mass is 376 g/mol. The summed E-state index contributed by atoms with van der Waals surface area (Å²) in [6.07, 6.45) is 12.4. The van der Waals surface area contributed by atoms with Crippen molar-refractivity contribution in [2.75, 3.05) is 7.11 Å². The topological polar surface area (TPSA) is 35.5 Å². The predicted molar refractivity (Wildman–Crippen MR) is 113 cm³/mol. The van der Waals surface area contributed by atoms with Crippen molar-refractivity contribution in [3.05, 3.63) is 35.9 Å². The summed E-state index contributed by atoms with van der Waals surface area (Å²) in [6, 6.07) is 5.98. The lowest BCUT2D eigenvalue weighted by atomic mass is 10.1. The zero-order chi connectivity index (χ0) is 19.4. The average molecular weight is 377 g/mol. The van der Waals surface area contributed by atoms with E-state index in [4.69, 9.17) is 9.16 Å². The summed E-state index contributed by atoms with van der Waals surface area (Å²) < 4.78 is 11.5. The smallest absolute Gasteiger partial charge is 0.242 e. The molecule has 0 amide bonds. The highest BCUT2D eigenvalue weighted by atomic mass is 28.4. The van der Waals surface area contributed by atoms with E-state index in [1.165, 1.54) is 32.1 Å². The third-order valence-corrected chi connectivity index (χ3v) is 4.91. The first-order chi connectivity index (χ1) is 12.4. The number of methoxy groups -OCH3 is 1. The number of aryl methyl sites for hydroxylation is 1. The first-order valence-corrected chi connectivity index (χ1v) is 13.3. The molecule has 0 aliphatic carbocycles. The van der Waals surface area contributed by atoms with Crippen LogP contribution in [0.15, 0.2) is 30.4 Å². The molecule has 0 saturated heterocycles. The molecule has 146 valence electrons. The van der Waals surface area contributed by atoms with Crippen LogP contribution in [0, 0.1) is 0 Å². The van der Waals surface area contributed by atoms with Gasteiger partial charge in [-0.2, -0.15) is 0 Å². The van der Waals surface area contributed by atoms with E-state index in [9.17, 15) is 4.79 Å². The van der Waals surface area contributed by atoms with Crippen LogP contribution in [0.2, 0.25) is 19.6 Å². The predicted octanol–water partition coefficient (Wildman–Crippen LogP) is 6.33. The van der Waals surface area contributed by atoms with Gasteiger partial charge in [-0.25, -0.2) is 0 Å². The lowest BCUT2D eigenvalue weighted by Gasteiger charge is -2.21. The second kappa shape index (κ2) is 11.9. The molecule has 0 N–H and O–H groups in total. The maximum Gasteiger partial charge on any atom is 0.242 e. The van der Waals surface area contributed by atoms with Gasteiger partial charge in [0.1, 0.15) is 5.75 Å². The molecule has 1 rings (SSSR count). The Labute approximate surface area is 160 Å². The van der Waals surface area contributed by atoms with Crippen molar-refractivity contribution >= 4 is 14.1 Å². The second-order valence-electron chi connectivity index (χ2n) is 7.77. The molecule has 0 aliphatic heterocycles. The van der Waals surface area contributed by atoms with Crippen molar-refractivity contribution in [2.24, 2.45) is 0 Å². The molecule has 0 radical (unpaired) electrons. The minimum Gasteiger partial charge on any atom is -0.542 e. The highest BCUT2D eigenvalue weighted by Crippen LogP contribution is 2.30. The van der Waals surface area contributed by atoms with Gasteiger partial charge in [-0.1, -0.05) is 44.7 Å². The first kappa shape index (κ1) is 22.5. The number of rotatable bonds is 13. The van der Waals surface area contributed by atoms with Crippen LogP contribution < -0.4 is 9.16 Å². The van der Waals surface area contributed by atoms with E-state index >= 15 is 0 Å². The number of ketones is 1. The Kier molecular flexibility index (Phi) is 10.3. The van der Waals surface area contributed by atoms with E-state index in [2.05, 4.69) is 26.6 Å². The Morgan fingerprint density at radius 2 is 1.81 bits per heavy atom. The van der Waals surface area contributed by atoms with Crippen molar-refractivity contribution in [2.45, 2.75) is 77.9 Å². The molecule has 0 bridgehead atoms. The molecule has 0 spiro atoms. The third-order valence-electron chi connectivity index (χ3n) is 4.08. The number of hydrogen-bond donors (Lipinski definition) is 0. The van der Waals surface area contributed by atoms with Gasteiger partial charge in [0.05, 0.1) is 7.11 Å². The van der Waals surface area contributed by atoms with E-state index in [-0.39, 0.29) is 5.78 Å². The number of carbonyl (C=O) groups is 1. The van der Waals surface area contributed by atoms with E-state index in [0.29, 0.717) is 6.42 Å². The summed E-state index contributed by atoms with van der Waals surface area (Å²) in [4.78, 5) is 12.0. The summed E-state index contributed by atoms with van der Waals surface area (Å²) in [5.41, 5.74) is 1.10. The molecule has 0 fully saturated rings. The molecule has 0 aromatic heterocycles. The van der Waals surface area contributed by atoms with E-state index in [0.717, 1.165) is 29.9 Å². The van der Waals surface area contributed by atoms with Crippen LogP contribution in [0.3, 0.4) is 0 Å². The summed E-state index contributed by atoms with van der Waals surface area (Å²) in [5.74, 6) is 1.74. The number of ether oxygens (including phenoxy) is 1. The molecule has 0 unspecified atom stereocenters. The maximum atomic E-state index is 12.0. The molecule has 0 heterocycles. The fourth-order valence-corrected chi connectivity index (χ4v) is 3.54. The van der Waals surface area contributed by atoms with Gasteiger partial charge in [0, 0.05) is 6.42 Å². The summed E-state index contributed by atoms with van der Waals surface area (Å²) >= 11 is 0. The first-order valence-electron chi connectivity index (χ1n) is 9.91. The molecule has 26 heavy (non-hydrogen) atoms. The molecule has 1 aromatic rings. The Bertz CT molecular complexity index is 573. The Morgan fingerprint density at radius 1 is 1.08 bits per heavy atom. The normalized spacial score (nSPS) is 11.7. The molecular formula is C22H36O3Si. The highest BCUT2D eigenvalue weighted by Gasteiger charge is 2.18. The number of allylic oxidation sites excluding steroid dienone is 2. The Hall–Kier alpha value is -1.55. The van der Waals surface area contributed by atoms with Crippen LogP contribution in [-0.2, 0) is 11.2 Å². The molecule has 3 nitrogen and oxygen atoms in total. The Balaban J connectivity index is 2.43. The lowest BCUT2D eigenvalue weighted by Crippen LogP contribution is -2.29. The molecular weight excluding hydrogens is 340 g/mol. The standard InChI is InChI=1S/C22H36O3Si/c1-6-7-8-9-10-11-12-13-20(23)16-14-19-15-17-21(22(18-19)24-2)25-26(3,4)5/h12-13,15,17-18H,6-11,14,16H2,1-5H3/b13-12+. The van der Waals surface area contributed by atoms with Crippen molar-refractivity contribution in [1.29, 1.82) is 0 Å². The highest BCUT2D eigenvalue weighted by molar-refractivity contribution is 6.70. The fourth-order valence-electron chi connectivity index (χ4n) is 2.71. The fraction of sp³-hybridized carbons (Fsp3) is 0.591. The van der Waals surface area contributed by atoms with Crippen LogP contribution in [0.4, 0.5) is 0 Å². The minimum atomic E-state index is -1.67. The van der Waals surface area contributed by atoms with Crippen LogP contribution in [0.5, 0.6) is 11.5 Å². The molecule has 4 heteroatoms. The second-order valence-corrected chi connectivity index (χ2v) is 12.2. The summed E-state index contributed by atoms with van der Waals surface area (Å²) in [6.45, 7) is 8.67. The van der Waals surface area contributed by atoms with Crippen LogP contribution in [0.25, 0.3) is 0 Å². The van der Waals surface area contributed by atoms with Crippen molar-refractivity contribution in [1.82, 2.24) is 0 Å². The van der Waals surface area contributed by atoms with Gasteiger partial charge in [0.15, 0.2) is 11.5 Å². The maximum absolute atomic E-state index is 12.0. The number of hydrogen-bond acceptors (Lipinski definition) is 3. The van der Waals surface area contributed by atoms with E-state index in [1.54, 1.807) is 13.2 Å². The van der Waals surface area contributed by atoms with Gasteiger partial charge < -0.3 is 9.16 Å². The van der Waals surface area contributed by atoms with Gasteiger partial charge in [-0.15, -0.1) is 0 Å². The van der Waals surface area contributed by atoms with Gasteiger partial charge in [-0.3, -0.25) is 4.79 Å². The quantitative estimate of drug-likeness (QED) is 0.229. The van der Waals surface area contributed by atoms with Crippen molar-refractivity contribution in [3.63, 3.8) is 0 Å². The van der Waals surface area contributed by atoms with Crippen molar-refractivity contribution < 1.29 is 14.0 Å². The zero-order valence-electron chi connectivity index (χ0n) is 17.3. The number of benzene rings is 1. The number of carbonyl (C=O) groups excluding carboxylic acids is 1. The van der Waals surface area contributed by atoms with E-state index < -0.39 is 8.32 Å². The van der Waals surface area contributed by atoms with Gasteiger partial charge in [0.25, 0.3) is 0 Å². The average Bonchev–Trinajstić information content (AvgIpc) is 2.58. The van der Waals surface area contributed by atoms with E-state index in [1.807, 2.05) is 24.3 Å². The number of unbranched alkanes of at least 4 members (excludes halogenated alkanes) is 5. The van der Waals surface area contributed by atoms with Gasteiger partial charge in [0.2, 0.25) is 8.32 Å². The molecule has 0 saturated carbocycles. The molecule has 1 aromatic carbocycles. The zero-order valence-corrected chi connectivity index (χ0v) is 18.3. The SMILES string of the molecule is CCCCCCC/C=C/C(=O)CCc1ccc(O[Si](C)(C)C)c(OC)c1. The van der Waals surface area contributed by atoms with Gasteiger partial charge in [-0.05, 0) is 62.7 Å². The summed E-state index contributed by atoms with van der Waals surface area (Å²) in [7, 11) is -0.0150. The third kappa shape index (κ3) is 9.81. The summed E-state index contributed by atoms with van der Waals surface area (Å²) in [5, 5.41) is 0.